The molecule has 2 aromatic carbocycles. The van der Waals surface area contributed by atoms with Crippen molar-refractivity contribution in [1.82, 2.24) is 29.3 Å². The van der Waals surface area contributed by atoms with Crippen LogP contribution in [0.25, 0.3) is 21.8 Å². The van der Waals surface area contributed by atoms with Crippen LogP contribution < -0.4 is 16.8 Å². The largest absolute Gasteiger partial charge is 0.480 e. The van der Waals surface area contributed by atoms with Crippen molar-refractivity contribution in [1.29, 1.82) is 0 Å². The highest BCUT2D eigenvalue weighted by molar-refractivity contribution is 8.07. The third kappa shape index (κ3) is 17.1. The second-order valence-corrected chi connectivity index (χ2v) is 25.1. The van der Waals surface area contributed by atoms with E-state index in [9.17, 15) is 55.2 Å². The summed E-state index contributed by atoms with van der Waals surface area (Å²) in [5, 5.41) is 11.9. The van der Waals surface area contributed by atoms with Crippen LogP contribution in [0.2, 0.25) is 0 Å². The average molecular weight is 1240 g/mol. The van der Waals surface area contributed by atoms with Crippen LogP contribution in [0.4, 0.5) is 0 Å². The summed E-state index contributed by atoms with van der Waals surface area (Å²) in [6.07, 6.45) is 14.6. The lowest BCUT2D eigenvalue weighted by Gasteiger charge is -2.32. The van der Waals surface area contributed by atoms with Crippen LogP contribution in [0, 0.1) is 13.8 Å². The second kappa shape index (κ2) is 28.9. The summed E-state index contributed by atoms with van der Waals surface area (Å²) >= 11 is 7.33. The van der Waals surface area contributed by atoms with Crippen molar-refractivity contribution in [2.24, 2.45) is 11.5 Å². The zero-order chi connectivity index (χ0) is 60.3. The Morgan fingerprint density at radius 1 is 0.631 bits per heavy atom. The first-order valence-electron chi connectivity index (χ1n) is 26.4. The molecule has 0 unspecified atom stereocenters. The molecule has 10 rings (SSSR count). The number of rotatable bonds is 20. The molecule has 6 aromatic rings. The smallest absolute Gasteiger partial charge is 0.323 e. The summed E-state index contributed by atoms with van der Waals surface area (Å²) < 4.78 is 51.5. The number of primary amides is 2. The van der Waals surface area contributed by atoms with Crippen LogP contribution in [0.5, 0.6) is 0 Å². The Balaban J connectivity index is 0.000000219. The molecule has 6 heterocycles. The highest BCUT2D eigenvalue weighted by atomic mass is 32.8. The molecule has 0 saturated heterocycles. The number of pyridine rings is 2. The number of fused-ring (bicyclic) bond motifs is 2. The minimum atomic E-state index is -3.51. The molecular weight excluding hydrogens is 1180 g/mol. The quantitative estimate of drug-likeness (QED) is 0.0612. The van der Waals surface area contributed by atoms with Crippen molar-refractivity contribution in [2.45, 2.75) is 101 Å². The van der Waals surface area contributed by atoms with Gasteiger partial charge in [0.15, 0.2) is 42.8 Å². The van der Waals surface area contributed by atoms with Gasteiger partial charge in [-0.3, -0.25) is 48.3 Å². The number of carbonyl (C=O) groups is 8. The molecule has 0 spiro atoms. The van der Waals surface area contributed by atoms with Crippen molar-refractivity contribution in [3.05, 3.63) is 155 Å². The third-order valence-electron chi connectivity index (χ3n) is 14.2. The van der Waals surface area contributed by atoms with Crippen LogP contribution in [0.15, 0.2) is 109 Å². The third-order valence-corrected chi connectivity index (χ3v) is 18.5. The van der Waals surface area contributed by atoms with Gasteiger partial charge in [0.25, 0.3) is 11.8 Å². The van der Waals surface area contributed by atoms with Gasteiger partial charge in [-0.15, -0.1) is 0 Å². The first-order chi connectivity index (χ1) is 39.5. The second-order valence-electron chi connectivity index (χ2n) is 20.6. The number of nitrogens with one attached hydrogen (secondary N) is 1. The maximum Gasteiger partial charge on any atom is 0.323 e. The van der Waals surface area contributed by atoms with E-state index in [0.29, 0.717) is 66.0 Å². The Bertz CT molecular complexity index is 3830. The number of aliphatic carboxylic acids is 1. The number of carboxylic acids is 1. The molecule has 4 aromatic heterocycles. The van der Waals surface area contributed by atoms with Gasteiger partial charge in [0.2, 0.25) is 5.91 Å². The fraction of sp³-hybridized carbons (Fsp3) is 0.345. The monoisotopic (exact) mass is 1240 g/mol. The number of carbonyl (C=O) groups excluding carboxylic acids is 7. The van der Waals surface area contributed by atoms with E-state index >= 15 is 0 Å². The number of amides is 3. The number of hydrogen-bond acceptors (Lipinski definition) is 17. The van der Waals surface area contributed by atoms with Crippen LogP contribution in [-0.4, -0.2) is 140 Å². The molecule has 21 nitrogen and oxygen atoms in total. The van der Waals surface area contributed by atoms with E-state index in [1.165, 1.54) is 52.2 Å². The average Bonchev–Trinajstić information content (AvgIpc) is 3.88. The molecule has 2 atom stereocenters. The van der Waals surface area contributed by atoms with Crippen molar-refractivity contribution in [3.63, 3.8) is 0 Å². The summed E-state index contributed by atoms with van der Waals surface area (Å²) in [6.45, 7) is 4.32. The summed E-state index contributed by atoms with van der Waals surface area (Å²) in [4.78, 5) is 109. The summed E-state index contributed by atoms with van der Waals surface area (Å²) in [6, 6.07) is 19.4. The molecule has 444 valence electrons. The Kier molecular flexibility index (Phi) is 22.6. The van der Waals surface area contributed by atoms with Gasteiger partial charge in [0, 0.05) is 104 Å². The SMILES string of the molecule is Cc1cccc(CC(=O)[C@@H]2CC=CCN2)n1.Cc1cccc(CC(=O)[C@@H]2CC=CCN2C(=O)Cn2cc(C(N)=O)c3cc(C(=O)CS(=O)(=O)C4CC4)ccc32)n1.NC(=O)c1cn(CC(=O)O)c2ccc(C(=O)CS(=O)(=O)C3CC3)cc12.S.S=S. The number of ketones is 4. The number of nitrogens with two attached hydrogens (primary N) is 2. The normalized spacial score (nSPS) is 16.3. The molecular formula is C58H64N8O13S5. The van der Waals surface area contributed by atoms with Crippen molar-refractivity contribution < 1.29 is 60.3 Å². The van der Waals surface area contributed by atoms with Crippen molar-refractivity contribution in [3.8, 4) is 0 Å². The fourth-order valence-electron chi connectivity index (χ4n) is 9.70. The molecule has 26 heteroatoms. The summed E-state index contributed by atoms with van der Waals surface area (Å²) in [5.41, 5.74) is 15.6. The van der Waals surface area contributed by atoms with Gasteiger partial charge >= 0.3 is 5.97 Å². The molecule has 3 amide bonds. The number of Topliss-reactive ketones (excluding diaryl/α,β-unsaturated/α-hetero) is 4. The van der Waals surface area contributed by atoms with E-state index < -0.39 is 77.1 Å². The summed E-state index contributed by atoms with van der Waals surface area (Å²) in [5.74, 6) is -5.09. The topological polar surface area (TPSA) is 328 Å². The number of nitrogens with zero attached hydrogens (tertiary/aromatic N) is 5. The number of sulfone groups is 2. The van der Waals surface area contributed by atoms with E-state index in [1.807, 2.05) is 56.3 Å². The highest BCUT2D eigenvalue weighted by Crippen LogP contribution is 2.32. The molecule has 84 heavy (non-hydrogen) atoms. The maximum atomic E-state index is 13.5. The van der Waals surface area contributed by atoms with E-state index in [-0.39, 0.29) is 85.3 Å². The minimum Gasteiger partial charge on any atom is -0.480 e. The summed E-state index contributed by atoms with van der Waals surface area (Å²) in [7, 11) is -6.95. The van der Waals surface area contributed by atoms with E-state index in [4.69, 9.17) is 16.6 Å². The number of aryl methyl sites for hydroxylation is 2. The molecule has 4 aliphatic rings. The fourth-order valence-corrected chi connectivity index (χ4v) is 12.9. The van der Waals surface area contributed by atoms with Gasteiger partial charge in [-0.2, -0.15) is 13.5 Å². The van der Waals surface area contributed by atoms with Gasteiger partial charge < -0.3 is 35.9 Å². The van der Waals surface area contributed by atoms with Gasteiger partial charge in [0.1, 0.15) is 24.6 Å². The van der Waals surface area contributed by atoms with Crippen LogP contribution in [0.1, 0.15) is 103 Å². The highest BCUT2D eigenvalue weighted by Gasteiger charge is 2.38. The van der Waals surface area contributed by atoms with Gasteiger partial charge in [0.05, 0.1) is 46.6 Å². The van der Waals surface area contributed by atoms with Crippen molar-refractivity contribution >= 4 is 124 Å². The maximum absolute atomic E-state index is 13.5. The molecule has 0 radical (unpaired) electrons. The first kappa shape index (κ1) is 65.7. The van der Waals surface area contributed by atoms with Gasteiger partial charge in [-0.25, -0.2) is 16.8 Å². The predicted octanol–water partition coefficient (Wildman–Crippen LogP) is 4.28. The molecule has 6 N–H and O–H groups in total. The lowest BCUT2D eigenvalue weighted by molar-refractivity contribution is -0.139. The standard InChI is InChI=1S/C29H30N4O6S.C16H16N2O6S.C13H16N2O.S2.H2S/c1-18-5-4-6-20(31-18)14-26(34)25-7-2-3-12-33(25)28(36)16-32-15-23(29(30)37)22-13-19(8-11-24(22)32)27(35)17-40(38,39)21-9-10-21;17-16(22)12-6-18(7-15(20)21)13-4-1-9(5-11(12)13)14(19)8-25(23,24)10-2-3-10;1-10-5-4-6-11(15-10)9-13(16)12-7-2-3-8-14-12;1-2;/h2-6,8,11,13,15,21,25H,7,9-10,12,14,16-17H2,1H3,(H2,30,37);1,4-6,10H,2-3,7-8H2,(H2,17,22)(H,20,21);2-6,12,14H,7-9H2,1H3;;1H2/t25-;;12-;;/m0.0../s1. The molecule has 0 bridgehead atoms. The number of aromatic nitrogens is 4. The zero-order valence-electron chi connectivity index (χ0n) is 46.0. The molecule has 2 fully saturated rings. The Morgan fingerprint density at radius 2 is 1.10 bits per heavy atom. The Hall–Kier alpha value is -7.49. The van der Waals surface area contributed by atoms with E-state index in [0.717, 1.165) is 30.0 Å². The number of benzene rings is 2. The molecule has 2 aliphatic heterocycles. The van der Waals surface area contributed by atoms with Gasteiger partial charge in [-0.1, -0.05) is 36.4 Å². The molecule has 2 aliphatic carbocycles. The number of hydrogen-bond donors (Lipinski definition) is 4. The van der Waals surface area contributed by atoms with E-state index in [2.05, 4.69) is 49.8 Å². The zero-order valence-corrected chi connectivity index (χ0v) is 50.2. The molecule has 2 saturated carbocycles. The Labute approximate surface area is 502 Å². The lowest BCUT2D eigenvalue weighted by atomic mass is 9.99. The van der Waals surface area contributed by atoms with Crippen molar-refractivity contribution in [2.75, 3.05) is 24.6 Å². The minimum absolute atomic E-state index is 0. The van der Waals surface area contributed by atoms with Crippen LogP contribution >= 0.6 is 13.5 Å². The lowest BCUT2D eigenvalue weighted by Crippen LogP contribution is -2.48. The first-order valence-corrected chi connectivity index (χ1v) is 31.2. The Morgan fingerprint density at radius 3 is 1.52 bits per heavy atom. The van der Waals surface area contributed by atoms with E-state index in [1.54, 1.807) is 16.7 Å². The number of carboxylic acid groups (broad SMARTS) is 1. The van der Waals surface area contributed by atoms with Gasteiger partial charge in [-0.05, 0) is 113 Å². The predicted molar refractivity (Wildman–Crippen MR) is 326 cm³/mol. The van der Waals surface area contributed by atoms with Crippen LogP contribution in [-0.2, 0) is 87.2 Å². The van der Waals surface area contributed by atoms with Crippen LogP contribution in [0.3, 0.4) is 0 Å².